The Hall–Kier alpha value is -4.26. The number of hydrogen-bond donors (Lipinski definition) is 3. The Morgan fingerprint density at radius 3 is 2.64 bits per heavy atom. The van der Waals surface area contributed by atoms with Crippen molar-refractivity contribution in [3.63, 3.8) is 0 Å². The number of halogens is 1. The van der Waals surface area contributed by atoms with Gasteiger partial charge in [-0.05, 0) is 72.5 Å². The zero-order valence-electron chi connectivity index (χ0n) is 17.9. The maximum atomic E-state index is 13.7. The van der Waals surface area contributed by atoms with E-state index >= 15 is 0 Å². The fourth-order valence-corrected chi connectivity index (χ4v) is 3.52. The van der Waals surface area contributed by atoms with Gasteiger partial charge in [-0.2, -0.15) is 4.98 Å². The number of aryl methyl sites for hydroxylation is 1. The summed E-state index contributed by atoms with van der Waals surface area (Å²) in [6.07, 6.45) is 0.380. The van der Waals surface area contributed by atoms with E-state index in [0.717, 1.165) is 0 Å². The number of rotatable bonds is 6. The Labute approximate surface area is 189 Å². The lowest BCUT2D eigenvalue weighted by atomic mass is 10.0. The minimum atomic E-state index is -0.520. The molecular formula is C26H22FN3O3. The van der Waals surface area contributed by atoms with Crippen LogP contribution in [0.4, 0.5) is 4.39 Å². The second kappa shape index (κ2) is 9.48. The summed E-state index contributed by atoms with van der Waals surface area (Å²) in [7, 11) is 0. The van der Waals surface area contributed by atoms with Crippen molar-refractivity contribution in [1.29, 1.82) is 0 Å². The number of H-pyrrole nitrogens is 1. The molecule has 0 bridgehead atoms. The molecule has 4 aromatic rings. The van der Waals surface area contributed by atoms with Crippen molar-refractivity contribution in [2.24, 2.45) is 0 Å². The number of nitrogens with one attached hydrogen (secondary N) is 2. The summed E-state index contributed by atoms with van der Waals surface area (Å²) in [6, 6.07) is 20.0. The Kier molecular flexibility index (Phi) is 6.31. The van der Waals surface area contributed by atoms with Gasteiger partial charge in [0.1, 0.15) is 11.6 Å². The van der Waals surface area contributed by atoms with Crippen molar-refractivity contribution in [3.8, 4) is 28.3 Å². The number of amides is 1. The molecule has 6 nitrogen and oxygen atoms in total. The van der Waals surface area contributed by atoms with Crippen LogP contribution < -0.4 is 11.0 Å². The number of benzene rings is 3. The number of hydrogen-bond acceptors (Lipinski definition) is 4. The average Bonchev–Trinajstić information content (AvgIpc) is 2.81. The van der Waals surface area contributed by atoms with Gasteiger partial charge in [-0.3, -0.25) is 4.79 Å². The van der Waals surface area contributed by atoms with Gasteiger partial charge in [0.2, 0.25) is 0 Å². The summed E-state index contributed by atoms with van der Waals surface area (Å²) >= 11 is 0. The highest BCUT2D eigenvalue weighted by Gasteiger charge is 2.11. The molecule has 3 aromatic carbocycles. The number of phenolic OH excluding ortho intramolecular Hbond substituents is 1. The van der Waals surface area contributed by atoms with Gasteiger partial charge >= 0.3 is 5.69 Å². The standard InChI is InChI=1S/C26H22FN3O3/c1-16-13-19(9-10-24(16)31)23-15-22(29-26(33)30-23)18-6-4-7-20(14-18)25(32)28-12-11-17-5-2-3-8-21(17)27/h2-10,13-15,31H,11-12H2,1H3,(H,28,32)(H,29,30,33). The first-order valence-corrected chi connectivity index (χ1v) is 10.4. The Bertz CT molecular complexity index is 1380. The van der Waals surface area contributed by atoms with E-state index in [1.54, 1.807) is 73.7 Å². The summed E-state index contributed by atoms with van der Waals surface area (Å²) in [5, 5.41) is 12.6. The van der Waals surface area contributed by atoms with Gasteiger partial charge in [0.15, 0.2) is 0 Å². The molecule has 0 spiro atoms. The Morgan fingerprint density at radius 2 is 1.85 bits per heavy atom. The molecule has 0 aliphatic carbocycles. The van der Waals surface area contributed by atoms with E-state index in [9.17, 15) is 19.1 Å². The summed E-state index contributed by atoms with van der Waals surface area (Å²) in [5.74, 6) is -0.425. The number of nitrogens with zero attached hydrogens (tertiary/aromatic N) is 1. The monoisotopic (exact) mass is 443 g/mol. The van der Waals surface area contributed by atoms with Crippen molar-refractivity contribution >= 4 is 5.91 Å². The molecule has 4 rings (SSSR count). The van der Waals surface area contributed by atoms with Crippen LogP contribution in [0.1, 0.15) is 21.5 Å². The lowest BCUT2D eigenvalue weighted by molar-refractivity contribution is 0.0954. The molecule has 0 saturated heterocycles. The van der Waals surface area contributed by atoms with E-state index in [4.69, 9.17) is 0 Å². The molecule has 1 heterocycles. The van der Waals surface area contributed by atoms with Crippen LogP contribution in [-0.4, -0.2) is 27.5 Å². The van der Waals surface area contributed by atoms with E-state index in [-0.39, 0.29) is 17.5 Å². The second-order valence-corrected chi connectivity index (χ2v) is 7.66. The molecule has 7 heteroatoms. The molecule has 0 unspecified atom stereocenters. The first-order chi connectivity index (χ1) is 15.9. The molecule has 166 valence electrons. The molecule has 1 aromatic heterocycles. The first-order valence-electron chi connectivity index (χ1n) is 10.4. The first kappa shape index (κ1) is 22.0. The van der Waals surface area contributed by atoms with Gasteiger partial charge < -0.3 is 15.4 Å². The quantitative estimate of drug-likeness (QED) is 0.416. The maximum absolute atomic E-state index is 13.7. The van der Waals surface area contributed by atoms with Crippen LogP contribution in [0.5, 0.6) is 5.75 Å². The number of carbonyl (C=O) groups is 1. The van der Waals surface area contributed by atoms with Crippen molar-refractivity contribution < 1.29 is 14.3 Å². The highest BCUT2D eigenvalue weighted by Crippen LogP contribution is 2.26. The SMILES string of the molecule is Cc1cc(-c2cc(-c3cccc(C(=O)NCCc4ccccc4F)c3)[nH]c(=O)n2)ccc1O. The van der Waals surface area contributed by atoms with Gasteiger partial charge in [-0.25, -0.2) is 9.18 Å². The number of aromatic amines is 1. The largest absolute Gasteiger partial charge is 0.508 e. The van der Waals surface area contributed by atoms with Crippen LogP contribution in [-0.2, 0) is 6.42 Å². The van der Waals surface area contributed by atoms with E-state index in [0.29, 0.717) is 52.2 Å². The second-order valence-electron chi connectivity index (χ2n) is 7.66. The van der Waals surface area contributed by atoms with Crippen LogP contribution in [0.2, 0.25) is 0 Å². The number of carbonyl (C=O) groups excluding carboxylic acids is 1. The fourth-order valence-electron chi connectivity index (χ4n) is 3.52. The predicted octanol–water partition coefficient (Wildman–Crippen LogP) is 4.23. The molecule has 33 heavy (non-hydrogen) atoms. The number of phenols is 1. The number of aromatic hydroxyl groups is 1. The zero-order valence-corrected chi connectivity index (χ0v) is 17.9. The molecule has 0 radical (unpaired) electrons. The van der Waals surface area contributed by atoms with Crippen LogP contribution in [0.15, 0.2) is 77.6 Å². The lowest BCUT2D eigenvalue weighted by Gasteiger charge is -2.09. The molecule has 0 saturated carbocycles. The van der Waals surface area contributed by atoms with Crippen molar-refractivity contribution in [2.75, 3.05) is 6.54 Å². The van der Waals surface area contributed by atoms with Gasteiger partial charge in [0.05, 0.1) is 11.4 Å². The molecule has 0 atom stereocenters. The van der Waals surface area contributed by atoms with Crippen molar-refractivity contribution in [2.45, 2.75) is 13.3 Å². The molecule has 3 N–H and O–H groups in total. The van der Waals surface area contributed by atoms with Gasteiger partial charge in [0.25, 0.3) is 5.91 Å². The third-order valence-corrected chi connectivity index (χ3v) is 5.31. The minimum absolute atomic E-state index is 0.164. The summed E-state index contributed by atoms with van der Waals surface area (Å²) in [5.41, 5.74) is 3.41. The average molecular weight is 443 g/mol. The van der Waals surface area contributed by atoms with Crippen LogP contribution in [0.3, 0.4) is 0 Å². The van der Waals surface area contributed by atoms with E-state index in [2.05, 4.69) is 15.3 Å². The Balaban J connectivity index is 1.54. The van der Waals surface area contributed by atoms with E-state index in [1.807, 2.05) is 0 Å². The third kappa shape index (κ3) is 5.15. The predicted molar refractivity (Wildman–Crippen MR) is 125 cm³/mol. The topological polar surface area (TPSA) is 95.1 Å². The Morgan fingerprint density at radius 1 is 1.03 bits per heavy atom. The van der Waals surface area contributed by atoms with E-state index < -0.39 is 5.69 Å². The lowest BCUT2D eigenvalue weighted by Crippen LogP contribution is -2.25. The molecule has 0 aliphatic rings. The third-order valence-electron chi connectivity index (χ3n) is 5.31. The van der Waals surface area contributed by atoms with Gasteiger partial charge in [-0.1, -0.05) is 30.3 Å². The van der Waals surface area contributed by atoms with Crippen LogP contribution in [0.25, 0.3) is 22.5 Å². The molecule has 0 fully saturated rings. The van der Waals surface area contributed by atoms with Crippen LogP contribution >= 0.6 is 0 Å². The zero-order chi connectivity index (χ0) is 23.4. The van der Waals surface area contributed by atoms with Crippen LogP contribution in [0, 0.1) is 12.7 Å². The van der Waals surface area contributed by atoms with Crippen molar-refractivity contribution in [1.82, 2.24) is 15.3 Å². The smallest absolute Gasteiger partial charge is 0.345 e. The normalized spacial score (nSPS) is 10.7. The highest BCUT2D eigenvalue weighted by atomic mass is 19.1. The number of aromatic nitrogens is 2. The van der Waals surface area contributed by atoms with Crippen molar-refractivity contribution in [3.05, 3.63) is 106 Å². The molecular weight excluding hydrogens is 421 g/mol. The highest BCUT2D eigenvalue weighted by molar-refractivity contribution is 5.95. The minimum Gasteiger partial charge on any atom is -0.508 e. The van der Waals surface area contributed by atoms with Gasteiger partial charge in [0, 0.05) is 17.7 Å². The summed E-state index contributed by atoms with van der Waals surface area (Å²) in [4.78, 5) is 31.6. The summed E-state index contributed by atoms with van der Waals surface area (Å²) in [6.45, 7) is 2.06. The van der Waals surface area contributed by atoms with Gasteiger partial charge in [-0.15, -0.1) is 0 Å². The van der Waals surface area contributed by atoms with E-state index in [1.165, 1.54) is 6.07 Å². The fraction of sp³-hybridized carbons (Fsp3) is 0.115. The molecule has 0 aliphatic heterocycles. The molecule has 1 amide bonds. The maximum Gasteiger partial charge on any atom is 0.345 e. The summed E-state index contributed by atoms with van der Waals surface area (Å²) < 4.78 is 13.7.